The third kappa shape index (κ3) is 3.54. The number of hydrogen-bond acceptors (Lipinski definition) is 4. The van der Waals surface area contributed by atoms with Crippen LogP contribution in [0.4, 0.5) is 0 Å². The molecule has 1 fully saturated rings. The molecule has 1 aromatic rings. The molecule has 1 aliphatic rings. The molecule has 0 spiro atoms. The van der Waals surface area contributed by atoms with Gasteiger partial charge in [0, 0.05) is 15.5 Å². The molecule has 6 heteroatoms. The first-order valence-corrected chi connectivity index (χ1v) is 8.50. The quantitative estimate of drug-likeness (QED) is 0.777. The standard InChI is InChI=1S/C13H20NO3PS/c1-14-9-5-8-12(14)13(17-18)10-19(15,16)11-6-3-2-4-7-11/h2-4,6-7,12-13H,5,8-10,18H2,1H3. The molecule has 1 saturated heterocycles. The molecule has 0 saturated carbocycles. The Kier molecular flexibility index (Phi) is 4.96. The Hall–Kier alpha value is -0.480. The van der Waals surface area contributed by atoms with Crippen LogP contribution in [0.15, 0.2) is 35.2 Å². The van der Waals surface area contributed by atoms with Crippen LogP contribution in [0.2, 0.25) is 0 Å². The molecule has 1 aliphatic heterocycles. The molecule has 1 aromatic carbocycles. The predicted molar refractivity (Wildman–Crippen MR) is 78.7 cm³/mol. The minimum atomic E-state index is -3.30. The first-order valence-electron chi connectivity index (χ1n) is 6.38. The Morgan fingerprint density at radius 2 is 2.11 bits per heavy atom. The van der Waals surface area contributed by atoms with Crippen LogP contribution in [0, 0.1) is 0 Å². The lowest BCUT2D eigenvalue weighted by Gasteiger charge is -2.27. The van der Waals surface area contributed by atoms with Crippen molar-refractivity contribution in [3.63, 3.8) is 0 Å². The number of rotatable bonds is 5. The maximum Gasteiger partial charge on any atom is 0.180 e. The fourth-order valence-electron chi connectivity index (χ4n) is 2.59. The summed E-state index contributed by atoms with van der Waals surface area (Å²) >= 11 is 0. The molecule has 0 N–H and O–H groups in total. The largest absolute Gasteiger partial charge is 0.360 e. The summed E-state index contributed by atoms with van der Waals surface area (Å²) in [5.41, 5.74) is 0. The average molecular weight is 301 g/mol. The molecule has 4 nitrogen and oxygen atoms in total. The van der Waals surface area contributed by atoms with E-state index in [9.17, 15) is 8.42 Å². The maximum absolute atomic E-state index is 12.4. The van der Waals surface area contributed by atoms with Gasteiger partial charge in [-0.3, -0.25) is 0 Å². The molecule has 2 rings (SSSR count). The summed E-state index contributed by atoms with van der Waals surface area (Å²) in [4.78, 5) is 2.54. The highest BCUT2D eigenvalue weighted by Gasteiger charge is 2.33. The second-order valence-corrected chi connectivity index (χ2v) is 7.27. The van der Waals surface area contributed by atoms with Crippen LogP contribution in [0.1, 0.15) is 12.8 Å². The van der Waals surface area contributed by atoms with E-state index >= 15 is 0 Å². The Balaban J connectivity index is 2.14. The van der Waals surface area contributed by atoms with Gasteiger partial charge in [0.05, 0.1) is 16.8 Å². The van der Waals surface area contributed by atoms with Gasteiger partial charge in [0.15, 0.2) is 9.84 Å². The zero-order valence-electron chi connectivity index (χ0n) is 11.0. The monoisotopic (exact) mass is 301 g/mol. The van der Waals surface area contributed by atoms with E-state index in [4.69, 9.17) is 4.52 Å². The van der Waals surface area contributed by atoms with Crippen LogP contribution in [-0.2, 0) is 14.4 Å². The Morgan fingerprint density at radius 1 is 1.42 bits per heavy atom. The van der Waals surface area contributed by atoms with E-state index in [0.29, 0.717) is 4.90 Å². The minimum Gasteiger partial charge on any atom is -0.360 e. The van der Waals surface area contributed by atoms with Crippen molar-refractivity contribution in [1.29, 1.82) is 0 Å². The molecule has 0 amide bonds. The van der Waals surface area contributed by atoms with Gasteiger partial charge in [-0.15, -0.1) is 0 Å². The van der Waals surface area contributed by atoms with Gasteiger partial charge in [0.1, 0.15) is 0 Å². The van der Waals surface area contributed by atoms with Crippen LogP contribution in [0.3, 0.4) is 0 Å². The second kappa shape index (κ2) is 6.31. The summed E-state index contributed by atoms with van der Waals surface area (Å²) in [5, 5.41) is 0. The van der Waals surface area contributed by atoms with Crippen LogP contribution < -0.4 is 0 Å². The third-order valence-electron chi connectivity index (χ3n) is 3.67. The number of likely N-dealkylation sites (tertiary alicyclic amines) is 1. The van der Waals surface area contributed by atoms with E-state index in [1.54, 1.807) is 24.3 Å². The molecule has 0 radical (unpaired) electrons. The lowest BCUT2D eigenvalue weighted by atomic mass is 10.1. The summed E-state index contributed by atoms with van der Waals surface area (Å²) in [6.07, 6.45) is 1.78. The van der Waals surface area contributed by atoms with Crippen molar-refractivity contribution in [3.8, 4) is 0 Å². The highest BCUT2D eigenvalue weighted by Crippen LogP contribution is 2.24. The molecule has 0 bridgehead atoms. The zero-order chi connectivity index (χ0) is 13.9. The topological polar surface area (TPSA) is 46.6 Å². The summed E-state index contributed by atoms with van der Waals surface area (Å²) in [6, 6.07) is 8.74. The van der Waals surface area contributed by atoms with Crippen molar-refractivity contribution < 1.29 is 12.9 Å². The fourth-order valence-corrected chi connectivity index (χ4v) is 4.50. The van der Waals surface area contributed by atoms with Gasteiger partial charge in [0.2, 0.25) is 0 Å². The fraction of sp³-hybridized carbons (Fsp3) is 0.538. The van der Waals surface area contributed by atoms with Gasteiger partial charge in [0.25, 0.3) is 0 Å². The normalized spacial score (nSPS) is 22.5. The third-order valence-corrected chi connectivity index (χ3v) is 5.77. The van der Waals surface area contributed by atoms with Crippen LogP contribution in [0.25, 0.3) is 0 Å². The molecule has 106 valence electrons. The molecule has 1 heterocycles. The maximum atomic E-state index is 12.4. The predicted octanol–water partition coefficient (Wildman–Crippen LogP) is 1.73. The number of benzene rings is 1. The molecule has 3 atom stereocenters. The van der Waals surface area contributed by atoms with Gasteiger partial charge >= 0.3 is 0 Å². The highest BCUT2D eigenvalue weighted by atomic mass is 32.2. The van der Waals surface area contributed by atoms with Crippen LogP contribution in [-0.4, -0.2) is 44.8 Å². The first kappa shape index (κ1) is 14.9. The van der Waals surface area contributed by atoms with E-state index in [-0.39, 0.29) is 17.9 Å². The number of hydrogen-bond donors (Lipinski definition) is 0. The smallest absolute Gasteiger partial charge is 0.180 e. The van der Waals surface area contributed by atoms with Gasteiger partial charge in [-0.2, -0.15) is 0 Å². The van der Waals surface area contributed by atoms with Gasteiger partial charge < -0.3 is 9.42 Å². The van der Waals surface area contributed by atoms with Crippen molar-refractivity contribution in [1.82, 2.24) is 4.90 Å². The summed E-state index contributed by atoms with van der Waals surface area (Å²) in [5.74, 6) is 0.0233. The average Bonchev–Trinajstić information content (AvgIpc) is 2.83. The van der Waals surface area contributed by atoms with Crippen molar-refractivity contribution in [2.45, 2.75) is 29.9 Å². The van der Waals surface area contributed by atoms with E-state index < -0.39 is 9.84 Å². The lowest BCUT2D eigenvalue weighted by molar-refractivity contribution is 0.143. The molecular formula is C13H20NO3PS. The Morgan fingerprint density at radius 3 is 2.63 bits per heavy atom. The van der Waals surface area contributed by atoms with Gasteiger partial charge in [-0.1, -0.05) is 18.2 Å². The highest BCUT2D eigenvalue weighted by molar-refractivity contribution is 7.91. The van der Waals surface area contributed by atoms with Crippen molar-refractivity contribution in [2.75, 3.05) is 19.3 Å². The zero-order valence-corrected chi connectivity index (χ0v) is 13.0. The molecular weight excluding hydrogens is 281 g/mol. The lowest BCUT2D eigenvalue weighted by Crippen LogP contribution is -2.40. The number of sulfone groups is 1. The second-order valence-electron chi connectivity index (χ2n) is 4.96. The summed E-state index contributed by atoms with van der Waals surface area (Å²) in [7, 11) is 0.934. The molecule has 3 unspecified atom stereocenters. The first-order chi connectivity index (χ1) is 9.04. The van der Waals surface area contributed by atoms with Gasteiger partial charge in [-0.25, -0.2) is 8.42 Å². The molecule has 0 aliphatic carbocycles. The van der Waals surface area contributed by atoms with Crippen molar-refractivity contribution in [3.05, 3.63) is 30.3 Å². The van der Waals surface area contributed by atoms with E-state index in [1.807, 2.05) is 13.1 Å². The molecule has 19 heavy (non-hydrogen) atoms. The number of nitrogens with zero attached hydrogens (tertiary/aromatic N) is 1. The minimum absolute atomic E-state index is 0.0233. The van der Waals surface area contributed by atoms with Gasteiger partial charge in [-0.05, 0) is 38.6 Å². The van der Waals surface area contributed by atoms with E-state index in [1.165, 1.54) is 0 Å². The SMILES string of the molecule is CN1CCCC1C(CS(=O)(=O)c1ccccc1)OP. The van der Waals surface area contributed by atoms with Crippen LogP contribution >= 0.6 is 9.47 Å². The summed E-state index contributed by atoms with van der Waals surface area (Å²) < 4.78 is 30.1. The Labute approximate surface area is 117 Å². The van der Waals surface area contributed by atoms with E-state index in [2.05, 4.69) is 14.4 Å². The Bertz CT molecular complexity index is 506. The van der Waals surface area contributed by atoms with E-state index in [0.717, 1.165) is 19.4 Å². The van der Waals surface area contributed by atoms with Crippen molar-refractivity contribution in [2.24, 2.45) is 0 Å². The summed E-state index contributed by atoms with van der Waals surface area (Å²) in [6.45, 7) is 1.00. The van der Waals surface area contributed by atoms with Crippen LogP contribution in [0.5, 0.6) is 0 Å². The molecule has 0 aromatic heterocycles. The number of likely N-dealkylation sites (N-methyl/N-ethyl adjacent to an activating group) is 1. The van der Waals surface area contributed by atoms with Crippen molar-refractivity contribution >= 4 is 19.3 Å².